The molecule has 108 valence electrons. The van der Waals surface area contributed by atoms with Crippen LogP contribution in [-0.2, 0) is 9.59 Å². The van der Waals surface area contributed by atoms with E-state index in [-0.39, 0.29) is 17.9 Å². The summed E-state index contributed by atoms with van der Waals surface area (Å²) in [4.78, 5) is 22.9. The topological polar surface area (TPSA) is 67.4 Å². The summed E-state index contributed by atoms with van der Waals surface area (Å²) in [5.74, 6) is 0.619. The third-order valence-electron chi connectivity index (χ3n) is 3.30. The van der Waals surface area contributed by atoms with Crippen LogP contribution in [0.5, 0.6) is 5.75 Å². The minimum absolute atomic E-state index is 0.0608. The van der Waals surface area contributed by atoms with E-state index in [2.05, 4.69) is 10.6 Å². The van der Waals surface area contributed by atoms with Crippen molar-refractivity contribution < 1.29 is 14.3 Å². The predicted molar refractivity (Wildman–Crippen MR) is 75.4 cm³/mol. The summed E-state index contributed by atoms with van der Waals surface area (Å²) >= 11 is 0. The number of nitrogens with one attached hydrogen (secondary N) is 2. The number of ether oxygens (including phenoxy) is 1. The molecule has 0 spiro atoms. The van der Waals surface area contributed by atoms with Gasteiger partial charge in [-0.2, -0.15) is 0 Å². The first-order chi connectivity index (χ1) is 9.56. The lowest BCUT2D eigenvalue weighted by Gasteiger charge is -2.18. The fourth-order valence-electron chi connectivity index (χ4n) is 2.13. The molecule has 1 aromatic carbocycles. The Morgan fingerprint density at radius 1 is 1.50 bits per heavy atom. The van der Waals surface area contributed by atoms with Crippen molar-refractivity contribution in [3.8, 4) is 5.75 Å². The number of benzene rings is 1. The highest BCUT2D eigenvalue weighted by Gasteiger charge is 2.27. The van der Waals surface area contributed by atoms with Gasteiger partial charge >= 0.3 is 0 Å². The molecule has 5 nitrogen and oxygen atoms in total. The van der Waals surface area contributed by atoms with Crippen LogP contribution in [0.4, 0.5) is 0 Å². The highest BCUT2D eigenvalue weighted by Crippen LogP contribution is 2.17. The van der Waals surface area contributed by atoms with E-state index in [1.54, 1.807) is 0 Å². The number of hydrogen-bond acceptors (Lipinski definition) is 3. The summed E-state index contributed by atoms with van der Waals surface area (Å²) in [6.45, 7) is 4.30. The van der Waals surface area contributed by atoms with Crippen LogP contribution in [0.25, 0.3) is 0 Å². The number of amides is 2. The maximum atomic E-state index is 11.8. The number of hydrogen-bond donors (Lipinski definition) is 2. The number of aryl methyl sites for hydroxylation is 1. The lowest BCUT2D eigenvalue weighted by molar-refractivity contribution is -0.126. The zero-order valence-corrected chi connectivity index (χ0v) is 11.8. The highest BCUT2D eigenvalue weighted by atomic mass is 16.5. The fourth-order valence-corrected chi connectivity index (χ4v) is 2.13. The molecule has 1 aliphatic heterocycles. The molecule has 0 radical (unpaired) electrons. The van der Waals surface area contributed by atoms with Crippen LogP contribution in [0, 0.1) is 6.92 Å². The maximum Gasteiger partial charge on any atom is 0.242 e. The predicted octanol–water partition coefficient (Wildman–Crippen LogP) is 1.16. The fraction of sp³-hybridized carbons (Fsp3) is 0.467. The molecule has 1 saturated heterocycles. The van der Waals surface area contributed by atoms with E-state index in [0.717, 1.165) is 11.3 Å². The molecule has 2 rings (SSSR count). The summed E-state index contributed by atoms with van der Waals surface area (Å²) in [5.41, 5.74) is 1.06. The minimum Gasteiger partial charge on any atom is -0.489 e. The van der Waals surface area contributed by atoms with Gasteiger partial charge in [0.25, 0.3) is 0 Å². The molecule has 20 heavy (non-hydrogen) atoms. The molecule has 1 fully saturated rings. The molecule has 0 aromatic heterocycles. The molecule has 2 amide bonds. The Morgan fingerprint density at radius 3 is 2.90 bits per heavy atom. The first-order valence-corrected chi connectivity index (χ1v) is 6.85. The van der Waals surface area contributed by atoms with Crippen molar-refractivity contribution in [2.24, 2.45) is 0 Å². The van der Waals surface area contributed by atoms with Crippen LogP contribution in [0.3, 0.4) is 0 Å². The van der Waals surface area contributed by atoms with Gasteiger partial charge in [0.05, 0.1) is 6.54 Å². The quantitative estimate of drug-likeness (QED) is 0.848. The van der Waals surface area contributed by atoms with Crippen molar-refractivity contribution >= 4 is 11.8 Å². The van der Waals surface area contributed by atoms with E-state index in [4.69, 9.17) is 4.74 Å². The molecule has 5 heteroatoms. The Balaban J connectivity index is 1.78. The van der Waals surface area contributed by atoms with Crippen LogP contribution in [0.2, 0.25) is 0 Å². The normalized spacial score (nSPS) is 19.3. The van der Waals surface area contributed by atoms with Crippen molar-refractivity contribution in [3.63, 3.8) is 0 Å². The molecule has 0 saturated carbocycles. The van der Waals surface area contributed by atoms with E-state index < -0.39 is 6.04 Å². The minimum atomic E-state index is -0.395. The van der Waals surface area contributed by atoms with Crippen LogP contribution in [0.1, 0.15) is 25.3 Å². The van der Waals surface area contributed by atoms with Crippen LogP contribution < -0.4 is 15.4 Å². The molecule has 2 N–H and O–H groups in total. The zero-order chi connectivity index (χ0) is 14.5. The Morgan fingerprint density at radius 2 is 2.25 bits per heavy atom. The molecular weight excluding hydrogens is 256 g/mol. The van der Waals surface area contributed by atoms with E-state index in [9.17, 15) is 9.59 Å². The Kier molecular flexibility index (Phi) is 4.61. The average molecular weight is 276 g/mol. The van der Waals surface area contributed by atoms with Crippen molar-refractivity contribution in [3.05, 3.63) is 29.8 Å². The van der Waals surface area contributed by atoms with Gasteiger partial charge in [-0.05, 0) is 31.9 Å². The number of para-hydroxylation sites is 1. The van der Waals surface area contributed by atoms with E-state index in [1.807, 2.05) is 38.1 Å². The van der Waals surface area contributed by atoms with Crippen molar-refractivity contribution in [2.45, 2.75) is 38.8 Å². The first kappa shape index (κ1) is 14.4. The maximum absolute atomic E-state index is 11.8. The van der Waals surface area contributed by atoms with Crippen LogP contribution >= 0.6 is 0 Å². The van der Waals surface area contributed by atoms with Crippen molar-refractivity contribution in [1.29, 1.82) is 0 Å². The Bertz CT molecular complexity index is 502. The van der Waals surface area contributed by atoms with Crippen LogP contribution in [0.15, 0.2) is 24.3 Å². The van der Waals surface area contributed by atoms with E-state index in [0.29, 0.717) is 19.4 Å². The molecule has 2 atom stereocenters. The average Bonchev–Trinajstić information content (AvgIpc) is 2.85. The van der Waals surface area contributed by atoms with Crippen LogP contribution in [-0.4, -0.2) is 30.5 Å². The highest BCUT2D eigenvalue weighted by molar-refractivity contribution is 5.90. The second-order valence-electron chi connectivity index (χ2n) is 5.10. The molecule has 0 aliphatic carbocycles. The summed E-state index contributed by atoms with van der Waals surface area (Å²) in [6, 6.07) is 7.37. The summed E-state index contributed by atoms with van der Waals surface area (Å²) in [6.07, 6.45) is 0.863. The first-order valence-electron chi connectivity index (χ1n) is 6.85. The molecule has 1 aliphatic rings. The number of rotatable bonds is 5. The molecule has 1 aromatic rings. The molecule has 1 heterocycles. The third kappa shape index (κ3) is 3.73. The Hall–Kier alpha value is -2.04. The SMILES string of the molecule is Cc1ccccc1O[C@@H](C)CNC(=O)[C@@H]1CCC(=O)N1. The van der Waals surface area contributed by atoms with Gasteiger partial charge in [-0.15, -0.1) is 0 Å². The molecule has 0 unspecified atom stereocenters. The smallest absolute Gasteiger partial charge is 0.242 e. The number of carbonyl (C=O) groups excluding carboxylic acids is 2. The Labute approximate surface area is 118 Å². The third-order valence-corrected chi connectivity index (χ3v) is 3.30. The van der Waals surface area contributed by atoms with Gasteiger partial charge in [0.15, 0.2) is 0 Å². The van der Waals surface area contributed by atoms with Gasteiger partial charge in [0, 0.05) is 6.42 Å². The molecule has 0 bridgehead atoms. The molecular formula is C15H20N2O3. The monoisotopic (exact) mass is 276 g/mol. The van der Waals surface area contributed by atoms with Gasteiger partial charge < -0.3 is 15.4 Å². The summed E-state index contributed by atoms with van der Waals surface area (Å²) in [7, 11) is 0. The lowest BCUT2D eigenvalue weighted by Crippen LogP contribution is -2.44. The second-order valence-corrected chi connectivity index (χ2v) is 5.10. The van der Waals surface area contributed by atoms with Gasteiger partial charge in [0.1, 0.15) is 17.9 Å². The van der Waals surface area contributed by atoms with Gasteiger partial charge in [-0.1, -0.05) is 18.2 Å². The van der Waals surface area contributed by atoms with Gasteiger partial charge in [-0.25, -0.2) is 0 Å². The number of carbonyl (C=O) groups is 2. The zero-order valence-electron chi connectivity index (χ0n) is 11.8. The largest absolute Gasteiger partial charge is 0.489 e. The van der Waals surface area contributed by atoms with E-state index in [1.165, 1.54) is 0 Å². The lowest BCUT2D eigenvalue weighted by atomic mass is 10.2. The second kappa shape index (κ2) is 6.41. The van der Waals surface area contributed by atoms with E-state index >= 15 is 0 Å². The van der Waals surface area contributed by atoms with Gasteiger partial charge in [0.2, 0.25) is 11.8 Å². The van der Waals surface area contributed by atoms with Crippen molar-refractivity contribution in [2.75, 3.05) is 6.54 Å². The summed E-state index contributed by atoms with van der Waals surface area (Å²) in [5, 5.41) is 5.45. The van der Waals surface area contributed by atoms with Crippen molar-refractivity contribution in [1.82, 2.24) is 10.6 Å². The summed E-state index contributed by atoms with van der Waals surface area (Å²) < 4.78 is 5.78. The van der Waals surface area contributed by atoms with Gasteiger partial charge in [-0.3, -0.25) is 9.59 Å². The standard InChI is InChI=1S/C15H20N2O3/c1-10-5-3-4-6-13(10)20-11(2)9-16-15(19)12-7-8-14(18)17-12/h3-6,11-12H,7-9H2,1-2H3,(H,16,19)(H,17,18)/t11-,12-/m0/s1.